The molecule has 4 nitrogen and oxygen atoms in total. The number of hydrogen-bond donors (Lipinski definition) is 2. The van der Waals surface area contributed by atoms with Crippen LogP contribution in [0.15, 0.2) is 84.9 Å². The fraction of sp³-hybridized carbons (Fsp3) is 0.457. The molecule has 1 saturated carbocycles. The summed E-state index contributed by atoms with van der Waals surface area (Å²) in [7, 11) is 0. The summed E-state index contributed by atoms with van der Waals surface area (Å²) in [4.78, 5) is 15.8. The maximum atomic E-state index is 13.6. The first-order chi connectivity index (χ1) is 21.3. The van der Waals surface area contributed by atoms with Crippen molar-refractivity contribution >= 4 is 5.91 Å². The van der Waals surface area contributed by atoms with Gasteiger partial charge < -0.3 is 15.3 Å². The number of carbonyl (C=O) groups is 1. The smallest absolute Gasteiger partial charge is 0.389 e. The number of nitrogens with one attached hydrogen (secondary N) is 1. The Balaban J connectivity index is 1.27. The van der Waals surface area contributed by atoms with Crippen LogP contribution in [0.4, 0.5) is 26.3 Å². The average molecular weight is 633 g/mol. The fourth-order valence-corrected chi connectivity index (χ4v) is 7.16. The van der Waals surface area contributed by atoms with E-state index in [1.165, 1.54) is 6.07 Å². The van der Waals surface area contributed by atoms with Crippen molar-refractivity contribution in [3.05, 3.63) is 107 Å². The molecule has 1 aliphatic carbocycles. The summed E-state index contributed by atoms with van der Waals surface area (Å²) in [5.74, 6) is -4.31. The fourth-order valence-electron chi connectivity index (χ4n) is 7.16. The highest BCUT2D eigenvalue weighted by Gasteiger charge is 2.58. The van der Waals surface area contributed by atoms with Gasteiger partial charge in [-0.15, -0.1) is 0 Å². The second kappa shape index (κ2) is 13.2. The molecule has 0 atom stereocenters. The Kier molecular flexibility index (Phi) is 9.65. The molecule has 2 N–H and O–H groups in total. The Hall–Kier alpha value is -3.37. The van der Waals surface area contributed by atoms with Gasteiger partial charge in [-0.3, -0.25) is 4.79 Å². The lowest BCUT2D eigenvalue weighted by Crippen LogP contribution is -2.54. The van der Waals surface area contributed by atoms with Crippen LogP contribution in [0.1, 0.15) is 66.7 Å². The van der Waals surface area contributed by atoms with Crippen molar-refractivity contribution in [2.75, 3.05) is 13.1 Å². The monoisotopic (exact) mass is 632 g/mol. The molecule has 242 valence electrons. The predicted molar refractivity (Wildman–Crippen MR) is 159 cm³/mol. The predicted octanol–water partition coefficient (Wildman–Crippen LogP) is 7.46. The van der Waals surface area contributed by atoms with Crippen LogP contribution in [0.2, 0.25) is 0 Å². The van der Waals surface area contributed by atoms with E-state index in [4.69, 9.17) is 0 Å². The molecule has 0 spiro atoms. The number of amides is 1. The molecule has 0 radical (unpaired) electrons. The van der Waals surface area contributed by atoms with Crippen LogP contribution in [0.5, 0.6) is 0 Å². The first-order valence-corrected chi connectivity index (χ1v) is 15.4. The molecule has 2 fully saturated rings. The number of halogens is 6. The third kappa shape index (κ3) is 7.90. The molecule has 2 aliphatic rings. The Morgan fingerprint density at radius 3 is 1.91 bits per heavy atom. The average Bonchev–Trinajstić information content (AvgIpc) is 2.98. The number of rotatable bonds is 8. The minimum absolute atomic E-state index is 0.236. The van der Waals surface area contributed by atoms with Crippen LogP contribution in [0.25, 0.3) is 0 Å². The summed E-state index contributed by atoms with van der Waals surface area (Å²) in [5, 5.41) is 14.3. The number of benzene rings is 3. The summed E-state index contributed by atoms with van der Waals surface area (Å²) >= 11 is 0. The molecule has 1 aliphatic heterocycles. The summed E-state index contributed by atoms with van der Waals surface area (Å²) in [6.45, 7) is 1.49. The molecule has 1 heterocycles. The number of aliphatic hydroxyl groups is 1. The zero-order valence-corrected chi connectivity index (χ0v) is 24.9. The third-order valence-corrected chi connectivity index (χ3v) is 9.51. The molecular formula is C35H38F6N2O2. The Morgan fingerprint density at radius 2 is 1.33 bits per heavy atom. The highest BCUT2D eigenvalue weighted by molar-refractivity contribution is 5.80. The van der Waals surface area contributed by atoms with Crippen LogP contribution in [-0.4, -0.2) is 53.0 Å². The number of alkyl halides is 6. The van der Waals surface area contributed by atoms with Crippen molar-refractivity contribution in [3.63, 3.8) is 0 Å². The van der Waals surface area contributed by atoms with Gasteiger partial charge in [0.05, 0.1) is 17.6 Å². The van der Waals surface area contributed by atoms with Crippen LogP contribution in [-0.2, 0) is 23.2 Å². The molecule has 3 aromatic rings. The van der Waals surface area contributed by atoms with Crippen molar-refractivity contribution in [1.29, 1.82) is 0 Å². The van der Waals surface area contributed by atoms with E-state index in [0.717, 1.165) is 55.3 Å². The van der Waals surface area contributed by atoms with Gasteiger partial charge in [0.15, 0.2) is 5.92 Å². The van der Waals surface area contributed by atoms with Crippen molar-refractivity contribution in [1.82, 2.24) is 10.2 Å². The van der Waals surface area contributed by atoms with E-state index in [-0.39, 0.29) is 11.6 Å². The lowest BCUT2D eigenvalue weighted by Gasteiger charge is -2.47. The second-order valence-corrected chi connectivity index (χ2v) is 12.5. The van der Waals surface area contributed by atoms with E-state index in [0.29, 0.717) is 32.1 Å². The number of likely N-dealkylation sites (tertiary alicyclic amines) is 1. The number of carbonyl (C=O) groups excluding carboxylic acids is 1. The van der Waals surface area contributed by atoms with Gasteiger partial charge in [0, 0.05) is 25.6 Å². The Labute approximate surface area is 259 Å². The van der Waals surface area contributed by atoms with Crippen LogP contribution in [0, 0.1) is 0 Å². The lowest BCUT2D eigenvalue weighted by molar-refractivity contribution is -0.253. The number of piperidine rings is 1. The molecule has 5 rings (SSSR count). The molecule has 0 unspecified atom stereocenters. The van der Waals surface area contributed by atoms with Crippen LogP contribution >= 0.6 is 0 Å². The maximum Gasteiger partial charge on any atom is 0.404 e. The first-order valence-electron chi connectivity index (χ1n) is 15.4. The molecule has 1 saturated heterocycles. The van der Waals surface area contributed by atoms with E-state index in [9.17, 15) is 36.2 Å². The second-order valence-electron chi connectivity index (χ2n) is 12.5. The zero-order chi connectivity index (χ0) is 32.3. The van der Waals surface area contributed by atoms with E-state index in [2.05, 4.69) is 10.2 Å². The zero-order valence-electron chi connectivity index (χ0n) is 24.9. The topological polar surface area (TPSA) is 52.6 Å². The number of hydrogen-bond acceptors (Lipinski definition) is 3. The van der Waals surface area contributed by atoms with E-state index in [1.54, 1.807) is 0 Å². The Bertz CT molecular complexity index is 1400. The molecule has 0 bridgehead atoms. The van der Waals surface area contributed by atoms with Gasteiger partial charge in [-0.05, 0) is 60.8 Å². The van der Waals surface area contributed by atoms with Gasteiger partial charge in [0.25, 0.3) is 0 Å². The van der Waals surface area contributed by atoms with Gasteiger partial charge in [0.1, 0.15) is 0 Å². The Morgan fingerprint density at radius 1 is 0.800 bits per heavy atom. The van der Waals surface area contributed by atoms with Crippen molar-refractivity contribution in [2.24, 2.45) is 0 Å². The first kappa shape index (κ1) is 33.0. The highest BCUT2D eigenvalue weighted by Crippen LogP contribution is 2.47. The quantitative estimate of drug-likeness (QED) is 0.254. The third-order valence-electron chi connectivity index (χ3n) is 9.51. The van der Waals surface area contributed by atoms with Gasteiger partial charge in [-0.2, -0.15) is 26.3 Å². The molecule has 0 aromatic heterocycles. The summed E-state index contributed by atoms with van der Waals surface area (Å²) in [5.41, 5.74) is -0.873. The van der Waals surface area contributed by atoms with Crippen LogP contribution < -0.4 is 5.32 Å². The molecule has 3 aromatic carbocycles. The normalized spacial score (nSPS) is 22.7. The number of nitrogens with zero attached hydrogens (tertiary/aromatic N) is 1. The minimum atomic E-state index is -5.56. The largest absolute Gasteiger partial charge is 0.404 e. The molecule has 10 heteroatoms. The van der Waals surface area contributed by atoms with Gasteiger partial charge >= 0.3 is 12.4 Å². The van der Waals surface area contributed by atoms with Crippen LogP contribution in [0.3, 0.4) is 0 Å². The van der Waals surface area contributed by atoms with Gasteiger partial charge in [0.2, 0.25) is 5.91 Å². The highest BCUT2D eigenvalue weighted by atomic mass is 19.4. The lowest BCUT2D eigenvalue weighted by atomic mass is 9.73. The standard InChI is InChI=1S/C35H38F6N2O2/c36-34(37,38)31(35(39,40)41)29-14-8-7-11-26(29)23-30(44)42-33(27-12-5-2-6-13-27)17-15-28(16-18-33)43-21-19-32(45,20-22-43)24-25-9-3-1-4-10-25/h1-14,28,31,45H,15-24H2,(H,42,44). The SMILES string of the molecule is O=C(Cc1ccccc1C(C(F)(F)F)C(F)(F)F)NC1(c2ccccc2)CCC(N2CCC(O)(Cc3ccccc3)CC2)CC1. The van der Waals surface area contributed by atoms with E-state index < -0.39 is 47.3 Å². The van der Waals surface area contributed by atoms with Gasteiger partial charge in [-0.1, -0.05) is 84.9 Å². The summed E-state index contributed by atoms with van der Waals surface area (Å²) in [6, 6.07) is 23.9. The summed E-state index contributed by atoms with van der Waals surface area (Å²) in [6.07, 6.45) is -7.21. The minimum Gasteiger partial charge on any atom is -0.389 e. The molecule has 1 amide bonds. The van der Waals surface area contributed by atoms with E-state index >= 15 is 0 Å². The van der Waals surface area contributed by atoms with Crippen molar-refractivity contribution < 1.29 is 36.2 Å². The maximum absolute atomic E-state index is 13.6. The molecular weight excluding hydrogens is 594 g/mol. The molecule has 45 heavy (non-hydrogen) atoms. The van der Waals surface area contributed by atoms with Crippen molar-refractivity contribution in [3.8, 4) is 0 Å². The van der Waals surface area contributed by atoms with Gasteiger partial charge in [-0.25, -0.2) is 0 Å². The van der Waals surface area contributed by atoms with Crippen molar-refractivity contribution in [2.45, 2.75) is 86.8 Å². The van der Waals surface area contributed by atoms with E-state index in [1.807, 2.05) is 60.7 Å². The summed E-state index contributed by atoms with van der Waals surface area (Å²) < 4.78 is 81.4.